The van der Waals surface area contributed by atoms with Crippen molar-refractivity contribution in [2.24, 2.45) is 5.92 Å². The summed E-state index contributed by atoms with van der Waals surface area (Å²) in [4.78, 5) is 0. The summed E-state index contributed by atoms with van der Waals surface area (Å²) in [6.45, 7) is 11.8. The fourth-order valence-electron chi connectivity index (χ4n) is 2.18. The Balaban J connectivity index is 2.76. The van der Waals surface area contributed by atoms with Crippen molar-refractivity contribution in [3.8, 4) is 0 Å². The summed E-state index contributed by atoms with van der Waals surface area (Å²) in [5, 5.41) is 8.01. The molecule has 0 fully saturated rings. The Bertz CT molecular complexity index is 370. The highest BCUT2D eigenvalue weighted by molar-refractivity contribution is 5.65. The van der Waals surface area contributed by atoms with Gasteiger partial charge in [-0.2, -0.15) is 5.10 Å². The van der Waals surface area contributed by atoms with Gasteiger partial charge in [-0.05, 0) is 32.6 Å². The molecule has 0 aliphatic heterocycles. The van der Waals surface area contributed by atoms with Crippen molar-refractivity contribution in [2.45, 2.75) is 66.5 Å². The first-order chi connectivity index (χ1) is 8.49. The third-order valence-electron chi connectivity index (χ3n) is 3.45. The quantitative estimate of drug-likeness (QED) is 0.781. The van der Waals surface area contributed by atoms with E-state index in [9.17, 15) is 0 Å². The number of aryl methyl sites for hydroxylation is 2. The Hall–Kier alpha value is -1.19. The van der Waals surface area contributed by atoms with Crippen LogP contribution < -0.4 is 11.1 Å². The van der Waals surface area contributed by atoms with E-state index in [2.05, 4.69) is 38.1 Å². The van der Waals surface area contributed by atoms with E-state index in [0.717, 1.165) is 42.5 Å². The van der Waals surface area contributed by atoms with Gasteiger partial charge in [-0.25, -0.2) is 4.68 Å². The number of aromatic nitrogens is 2. The average Bonchev–Trinajstić information content (AvgIpc) is 2.57. The molecule has 0 aliphatic carbocycles. The predicted molar refractivity (Wildman–Crippen MR) is 78.8 cm³/mol. The van der Waals surface area contributed by atoms with Gasteiger partial charge in [0.05, 0.1) is 11.4 Å². The van der Waals surface area contributed by atoms with Crippen LogP contribution in [0, 0.1) is 12.8 Å². The van der Waals surface area contributed by atoms with Crippen molar-refractivity contribution >= 4 is 11.5 Å². The van der Waals surface area contributed by atoms with Crippen molar-refractivity contribution in [1.29, 1.82) is 0 Å². The molecule has 2 atom stereocenters. The molecule has 3 N–H and O–H groups in total. The third-order valence-corrected chi connectivity index (χ3v) is 3.45. The standard InChI is InChI=1S/C14H28N4/c1-6-8-18-14(13(15)12(5)17-18)16-11(4)9-10(3)7-2/h10-11,16H,6-9,15H2,1-5H3. The lowest BCUT2D eigenvalue weighted by molar-refractivity contribution is 0.480. The maximum absolute atomic E-state index is 6.10. The Morgan fingerprint density at radius 1 is 1.33 bits per heavy atom. The Kier molecular flexibility index (Phi) is 5.51. The zero-order valence-electron chi connectivity index (χ0n) is 12.5. The summed E-state index contributed by atoms with van der Waals surface area (Å²) in [5.41, 5.74) is 7.81. The van der Waals surface area contributed by atoms with Gasteiger partial charge < -0.3 is 11.1 Å². The van der Waals surface area contributed by atoms with Crippen LogP contribution in [0.15, 0.2) is 0 Å². The van der Waals surface area contributed by atoms with Gasteiger partial charge in [0.2, 0.25) is 0 Å². The molecule has 104 valence electrons. The van der Waals surface area contributed by atoms with Gasteiger partial charge in [-0.3, -0.25) is 0 Å². The van der Waals surface area contributed by atoms with Crippen LogP contribution in [-0.2, 0) is 6.54 Å². The molecule has 1 aromatic heterocycles. The van der Waals surface area contributed by atoms with Crippen LogP contribution in [0.5, 0.6) is 0 Å². The van der Waals surface area contributed by atoms with Crippen molar-refractivity contribution in [1.82, 2.24) is 9.78 Å². The van der Waals surface area contributed by atoms with Gasteiger partial charge in [0.1, 0.15) is 5.82 Å². The van der Waals surface area contributed by atoms with E-state index in [4.69, 9.17) is 5.73 Å². The molecule has 1 aromatic rings. The molecule has 0 bridgehead atoms. The van der Waals surface area contributed by atoms with Gasteiger partial charge in [-0.1, -0.05) is 27.2 Å². The fraction of sp³-hybridized carbons (Fsp3) is 0.786. The number of nitrogens with zero attached hydrogens (tertiary/aromatic N) is 2. The molecule has 0 saturated heterocycles. The highest BCUT2D eigenvalue weighted by Crippen LogP contribution is 2.24. The largest absolute Gasteiger partial charge is 0.394 e. The third kappa shape index (κ3) is 3.65. The summed E-state index contributed by atoms with van der Waals surface area (Å²) in [6.07, 6.45) is 3.44. The molecule has 1 heterocycles. The molecular formula is C14H28N4. The van der Waals surface area contributed by atoms with Crippen LogP contribution >= 0.6 is 0 Å². The molecule has 4 nitrogen and oxygen atoms in total. The summed E-state index contributed by atoms with van der Waals surface area (Å²) < 4.78 is 2.00. The number of nitrogen functional groups attached to an aromatic ring is 1. The molecule has 4 heteroatoms. The molecular weight excluding hydrogens is 224 g/mol. The Morgan fingerprint density at radius 2 is 2.00 bits per heavy atom. The van der Waals surface area contributed by atoms with E-state index in [1.54, 1.807) is 0 Å². The lowest BCUT2D eigenvalue weighted by Gasteiger charge is -2.19. The number of hydrogen-bond donors (Lipinski definition) is 2. The van der Waals surface area contributed by atoms with Crippen LogP contribution in [0.2, 0.25) is 0 Å². The normalized spacial score (nSPS) is 14.5. The summed E-state index contributed by atoms with van der Waals surface area (Å²) >= 11 is 0. The molecule has 0 aliphatic rings. The number of nitrogens with two attached hydrogens (primary N) is 1. The van der Waals surface area contributed by atoms with Gasteiger partial charge in [0, 0.05) is 12.6 Å². The van der Waals surface area contributed by atoms with E-state index >= 15 is 0 Å². The van der Waals surface area contributed by atoms with Crippen LogP contribution in [0.25, 0.3) is 0 Å². The highest BCUT2D eigenvalue weighted by Gasteiger charge is 2.15. The van der Waals surface area contributed by atoms with Crippen LogP contribution in [0.4, 0.5) is 11.5 Å². The monoisotopic (exact) mass is 252 g/mol. The Labute approximate surface area is 111 Å². The first-order valence-electron chi connectivity index (χ1n) is 7.08. The van der Waals surface area contributed by atoms with E-state index in [1.807, 2.05) is 11.6 Å². The molecule has 2 unspecified atom stereocenters. The van der Waals surface area contributed by atoms with Gasteiger partial charge in [0.15, 0.2) is 0 Å². The van der Waals surface area contributed by atoms with Crippen molar-refractivity contribution in [3.63, 3.8) is 0 Å². The second kappa shape index (κ2) is 6.66. The van der Waals surface area contributed by atoms with Gasteiger partial charge in [-0.15, -0.1) is 0 Å². The van der Waals surface area contributed by atoms with Gasteiger partial charge >= 0.3 is 0 Å². The summed E-state index contributed by atoms with van der Waals surface area (Å²) in [7, 11) is 0. The van der Waals surface area contributed by atoms with Crippen molar-refractivity contribution < 1.29 is 0 Å². The zero-order chi connectivity index (χ0) is 13.7. The predicted octanol–water partition coefficient (Wildman–Crippen LogP) is 3.42. The maximum atomic E-state index is 6.10. The average molecular weight is 252 g/mol. The second-order valence-electron chi connectivity index (χ2n) is 5.37. The zero-order valence-corrected chi connectivity index (χ0v) is 12.5. The second-order valence-corrected chi connectivity index (χ2v) is 5.37. The fourth-order valence-corrected chi connectivity index (χ4v) is 2.18. The number of anilines is 2. The minimum absolute atomic E-state index is 0.425. The van der Waals surface area contributed by atoms with E-state index in [0.29, 0.717) is 6.04 Å². The summed E-state index contributed by atoms with van der Waals surface area (Å²) in [6, 6.07) is 0.425. The smallest absolute Gasteiger partial charge is 0.148 e. The minimum Gasteiger partial charge on any atom is -0.394 e. The minimum atomic E-state index is 0.425. The molecule has 1 rings (SSSR count). The molecule has 0 saturated carbocycles. The highest BCUT2D eigenvalue weighted by atomic mass is 15.3. The summed E-state index contributed by atoms with van der Waals surface area (Å²) in [5.74, 6) is 1.72. The van der Waals surface area contributed by atoms with Crippen LogP contribution in [0.1, 0.15) is 52.7 Å². The van der Waals surface area contributed by atoms with Gasteiger partial charge in [0.25, 0.3) is 0 Å². The number of hydrogen-bond acceptors (Lipinski definition) is 3. The molecule has 0 radical (unpaired) electrons. The van der Waals surface area contributed by atoms with E-state index in [1.165, 1.54) is 6.42 Å². The van der Waals surface area contributed by atoms with E-state index in [-0.39, 0.29) is 0 Å². The maximum Gasteiger partial charge on any atom is 0.148 e. The molecule has 0 amide bonds. The van der Waals surface area contributed by atoms with Crippen LogP contribution in [-0.4, -0.2) is 15.8 Å². The van der Waals surface area contributed by atoms with Crippen LogP contribution in [0.3, 0.4) is 0 Å². The van der Waals surface area contributed by atoms with Crippen molar-refractivity contribution in [2.75, 3.05) is 11.1 Å². The number of nitrogens with one attached hydrogen (secondary N) is 1. The Morgan fingerprint density at radius 3 is 2.56 bits per heavy atom. The van der Waals surface area contributed by atoms with E-state index < -0.39 is 0 Å². The topological polar surface area (TPSA) is 55.9 Å². The number of rotatable bonds is 7. The SMILES string of the molecule is CCCn1nc(C)c(N)c1NC(C)CC(C)CC. The van der Waals surface area contributed by atoms with Crippen molar-refractivity contribution in [3.05, 3.63) is 5.69 Å². The molecule has 0 aromatic carbocycles. The lowest BCUT2D eigenvalue weighted by Crippen LogP contribution is -2.21. The first-order valence-corrected chi connectivity index (χ1v) is 7.08. The molecule has 0 spiro atoms. The first kappa shape index (κ1) is 14.9. The molecule has 18 heavy (non-hydrogen) atoms. The lowest BCUT2D eigenvalue weighted by atomic mass is 10.0.